The van der Waals surface area contributed by atoms with E-state index in [4.69, 9.17) is 0 Å². The molecule has 2 aliphatic rings. The summed E-state index contributed by atoms with van der Waals surface area (Å²) in [6.45, 7) is 4.88. The number of nitrogens with one attached hydrogen (secondary N) is 2. The third kappa shape index (κ3) is 6.60. The van der Waals surface area contributed by atoms with Crippen molar-refractivity contribution in [2.75, 3.05) is 25.0 Å². The number of amides is 2. The summed E-state index contributed by atoms with van der Waals surface area (Å²) < 4.78 is 69.7. The average molecular weight is 540 g/mol. The third-order valence-corrected chi connectivity index (χ3v) is 8.56. The zero-order valence-corrected chi connectivity index (χ0v) is 21.7. The van der Waals surface area contributed by atoms with Gasteiger partial charge < -0.3 is 10.6 Å². The first kappa shape index (κ1) is 27.3. The van der Waals surface area contributed by atoms with Crippen molar-refractivity contribution in [3.8, 4) is 0 Å². The van der Waals surface area contributed by atoms with E-state index in [-0.39, 0.29) is 12.6 Å². The van der Waals surface area contributed by atoms with E-state index in [2.05, 4.69) is 15.6 Å². The number of piperidine rings is 1. The highest BCUT2D eigenvalue weighted by Gasteiger charge is 2.47. The predicted octanol–water partition coefficient (Wildman–Crippen LogP) is 4.50. The summed E-state index contributed by atoms with van der Waals surface area (Å²) in [5, 5.41) is 5.56. The van der Waals surface area contributed by atoms with Gasteiger partial charge in [-0.05, 0) is 76.8 Å². The van der Waals surface area contributed by atoms with Crippen molar-refractivity contribution in [3.05, 3.63) is 53.3 Å². The fraction of sp³-hybridized carbons (Fsp3) is 0.520. The van der Waals surface area contributed by atoms with E-state index in [1.165, 1.54) is 16.4 Å². The van der Waals surface area contributed by atoms with E-state index in [1.807, 2.05) is 18.7 Å². The van der Waals surface area contributed by atoms with Crippen LogP contribution in [-0.4, -0.2) is 60.5 Å². The smallest absolute Gasteiger partial charge is 0.337 e. The van der Waals surface area contributed by atoms with Gasteiger partial charge in [-0.3, -0.25) is 9.88 Å². The molecule has 2 N–H and O–H groups in total. The number of carbonyl (C=O) groups is 1. The molecule has 37 heavy (non-hydrogen) atoms. The van der Waals surface area contributed by atoms with E-state index in [9.17, 15) is 26.4 Å². The molecule has 202 valence electrons. The number of aromatic nitrogens is 1. The number of hydrogen-bond acceptors (Lipinski definition) is 5. The minimum absolute atomic E-state index is 0.253. The van der Waals surface area contributed by atoms with Gasteiger partial charge in [0, 0.05) is 36.2 Å². The van der Waals surface area contributed by atoms with E-state index in [0.717, 1.165) is 36.4 Å². The van der Waals surface area contributed by atoms with E-state index in [0.29, 0.717) is 38.0 Å². The van der Waals surface area contributed by atoms with Gasteiger partial charge in [-0.25, -0.2) is 13.2 Å². The van der Waals surface area contributed by atoms with E-state index >= 15 is 0 Å². The zero-order chi connectivity index (χ0) is 26.8. The van der Waals surface area contributed by atoms with Crippen LogP contribution < -0.4 is 10.6 Å². The molecule has 2 aromatic rings. The van der Waals surface area contributed by atoms with Gasteiger partial charge in [0.25, 0.3) is 0 Å². The summed E-state index contributed by atoms with van der Waals surface area (Å²) in [5.74, 6) is 0. The number of benzene rings is 1. The molecule has 1 atom stereocenters. The molecule has 1 aliphatic heterocycles. The van der Waals surface area contributed by atoms with Gasteiger partial charge in [0.1, 0.15) is 0 Å². The number of carbonyl (C=O) groups excluding carboxylic acids is 1. The monoisotopic (exact) mass is 539 g/mol. The molecule has 0 bridgehead atoms. The number of sulfonamides is 1. The van der Waals surface area contributed by atoms with E-state index < -0.39 is 38.9 Å². The maximum Gasteiger partial charge on any atom is 0.417 e. The summed E-state index contributed by atoms with van der Waals surface area (Å²) >= 11 is 0. The Hall–Kier alpha value is -2.70. The van der Waals surface area contributed by atoms with Gasteiger partial charge in [0.15, 0.2) is 0 Å². The number of halogens is 3. The second-order valence-corrected chi connectivity index (χ2v) is 11.4. The molecule has 2 heterocycles. The van der Waals surface area contributed by atoms with Crippen molar-refractivity contribution in [3.63, 3.8) is 0 Å². The summed E-state index contributed by atoms with van der Waals surface area (Å²) in [5.41, 5.74) is 1.02. The fourth-order valence-corrected chi connectivity index (χ4v) is 6.99. The molecular formula is C25H32F3N5O3S. The second kappa shape index (κ2) is 11.0. The van der Waals surface area contributed by atoms with Crippen LogP contribution in [0.15, 0.2) is 41.3 Å². The molecule has 1 saturated heterocycles. The quantitative estimate of drug-likeness (QED) is 0.515. The average Bonchev–Trinajstić information content (AvgIpc) is 3.64. The molecule has 4 rings (SSSR count). The van der Waals surface area contributed by atoms with Crippen molar-refractivity contribution in [1.29, 1.82) is 0 Å². The standard InChI is InChI=1S/C25H32F3N5O3S/c1-17-15-19(16-18(2)30-17)31-24(34)29-12-14-32-13-6-5-9-23(32)33(20-10-11-20)37(35,36)22-8-4-3-7-21(22)25(26,27)28/h3-4,7-8,15-16,20,23H,5-6,9-14H2,1-2H3,(H2,29,30,31,34). The topological polar surface area (TPSA) is 94.6 Å². The van der Waals surface area contributed by atoms with Crippen molar-refractivity contribution in [2.45, 2.75) is 69.2 Å². The number of hydrogen-bond donors (Lipinski definition) is 2. The summed E-state index contributed by atoms with van der Waals surface area (Å²) in [7, 11) is -4.41. The summed E-state index contributed by atoms with van der Waals surface area (Å²) in [4.78, 5) is 17.9. The van der Waals surface area contributed by atoms with Gasteiger partial charge in [-0.15, -0.1) is 0 Å². The maximum absolute atomic E-state index is 13.7. The highest BCUT2D eigenvalue weighted by atomic mass is 32.2. The molecule has 1 unspecified atom stereocenters. The molecule has 0 spiro atoms. The van der Waals surface area contributed by atoms with Gasteiger partial charge in [-0.1, -0.05) is 12.1 Å². The molecule has 0 radical (unpaired) electrons. The molecular weight excluding hydrogens is 507 g/mol. The lowest BCUT2D eigenvalue weighted by Crippen LogP contribution is -2.55. The Bertz CT molecular complexity index is 1210. The Morgan fingerprint density at radius 1 is 1.11 bits per heavy atom. The molecule has 1 aliphatic carbocycles. The van der Waals surface area contributed by atoms with Crippen LogP contribution in [0.2, 0.25) is 0 Å². The Balaban J connectivity index is 1.47. The van der Waals surface area contributed by atoms with Crippen molar-refractivity contribution >= 4 is 21.7 Å². The van der Waals surface area contributed by atoms with Crippen LogP contribution in [0, 0.1) is 13.8 Å². The van der Waals surface area contributed by atoms with E-state index in [1.54, 1.807) is 12.1 Å². The predicted molar refractivity (Wildman–Crippen MR) is 133 cm³/mol. The van der Waals surface area contributed by atoms with Crippen LogP contribution in [0.3, 0.4) is 0 Å². The highest BCUT2D eigenvalue weighted by molar-refractivity contribution is 7.89. The van der Waals surface area contributed by atoms with Crippen LogP contribution in [0.1, 0.15) is 49.1 Å². The molecule has 12 heteroatoms. The van der Waals surface area contributed by atoms with Crippen molar-refractivity contribution in [2.24, 2.45) is 0 Å². The van der Waals surface area contributed by atoms with Crippen molar-refractivity contribution < 1.29 is 26.4 Å². The van der Waals surface area contributed by atoms with Crippen LogP contribution >= 0.6 is 0 Å². The SMILES string of the molecule is Cc1cc(NC(=O)NCCN2CCCCC2N(C2CC2)S(=O)(=O)c2ccccc2C(F)(F)F)cc(C)n1. The molecule has 2 amide bonds. The van der Waals surface area contributed by atoms with Gasteiger partial charge in [-0.2, -0.15) is 17.5 Å². The van der Waals surface area contributed by atoms with Gasteiger partial charge in [0.05, 0.1) is 16.6 Å². The lowest BCUT2D eigenvalue weighted by Gasteiger charge is -2.42. The summed E-state index contributed by atoms with van der Waals surface area (Å²) in [6, 6.07) is 7.15. The largest absolute Gasteiger partial charge is 0.417 e. The maximum atomic E-state index is 13.7. The number of nitrogens with zero attached hydrogens (tertiary/aromatic N) is 3. The number of urea groups is 1. The van der Waals surface area contributed by atoms with Gasteiger partial charge in [0.2, 0.25) is 10.0 Å². The molecule has 1 saturated carbocycles. The lowest BCUT2D eigenvalue weighted by atomic mass is 10.1. The zero-order valence-electron chi connectivity index (χ0n) is 20.9. The first-order valence-corrected chi connectivity index (χ1v) is 13.8. The second-order valence-electron chi connectivity index (χ2n) is 9.59. The molecule has 1 aromatic carbocycles. The fourth-order valence-electron chi connectivity index (χ4n) is 4.89. The third-order valence-electron chi connectivity index (χ3n) is 6.55. The Labute approximate surface area is 215 Å². The number of rotatable bonds is 8. The molecule has 2 fully saturated rings. The number of alkyl halides is 3. The van der Waals surface area contributed by atoms with Crippen LogP contribution in [0.4, 0.5) is 23.7 Å². The van der Waals surface area contributed by atoms with Crippen molar-refractivity contribution in [1.82, 2.24) is 19.5 Å². The normalized spacial score (nSPS) is 19.1. The minimum atomic E-state index is -4.78. The van der Waals surface area contributed by atoms with Crippen LogP contribution in [-0.2, 0) is 16.2 Å². The van der Waals surface area contributed by atoms with Crippen LogP contribution in [0.5, 0.6) is 0 Å². The number of aryl methyl sites for hydroxylation is 2. The Morgan fingerprint density at radius 2 is 1.78 bits per heavy atom. The molecule has 1 aromatic heterocycles. The number of likely N-dealkylation sites (tertiary alicyclic amines) is 1. The van der Waals surface area contributed by atoms with Gasteiger partial charge >= 0.3 is 12.2 Å². The van der Waals surface area contributed by atoms with Crippen LogP contribution in [0.25, 0.3) is 0 Å². The Morgan fingerprint density at radius 3 is 2.43 bits per heavy atom. The first-order chi connectivity index (χ1) is 17.5. The molecule has 8 nitrogen and oxygen atoms in total. The lowest BCUT2D eigenvalue weighted by molar-refractivity contribution is -0.140. The number of anilines is 1. The highest BCUT2D eigenvalue weighted by Crippen LogP contribution is 2.41. The minimum Gasteiger partial charge on any atom is -0.337 e. The number of pyridine rings is 1. The summed E-state index contributed by atoms with van der Waals surface area (Å²) in [6.07, 6.45) is -1.99. The Kier molecular flexibility index (Phi) is 8.10. The first-order valence-electron chi connectivity index (χ1n) is 12.4.